The van der Waals surface area contributed by atoms with Gasteiger partial charge in [-0.3, -0.25) is 9.36 Å². The van der Waals surface area contributed by atoms with E-state index in [1.54, 1.807) is 0 Å². The number of nitrogens with one attached hydrogen (secondary N) is 1. The second-order valence-corrected chi connectivity index (χ2v) is 13.9. The Bertz CT molecular complexity index is 698. The first-order valence-electron chi connectivity index (χ1n) is 16.5. The van der Waals surface area contributed by atoms with Crippen LogP contribution in [0.2, 0.25) is 0 Å². The van der Waals surface area contributed by atoms with Crippen LogP contribution in [0.15, 0.2) is 12.2 Å². The minimum absolute atomic E-state index is 0.00851. The Morgan fingerprint density at radius 1 is 0.829 bits per heavy atom. The molecule has 3 atom stereocenters. The van der Waals surface area contributed by atoms with Crippen molar-refractivity contribution in [2.24, 2.45) is 0 Å². The van der Waals surface area contributed by atoms with Crippen molar-refractivity contribution in [2.45, 2.75) is 148 Å². The lowest BCUT2D eigenvalue weighted by molar-refractivity contribution is -0.870. The van der Waals surface area contributed by atoms with Crippen molar-refractivity contribution in [2.75, 3.05) is 40.9 Å². The van der Waals surface area contributed by atoms with E-state index in [2.05, 4.69) is 31.3 Å². The van der Waals surface area contributed by atoms with Crippen LogP contribution in [0.25, 0.3) is 0 Å². The number of amides is 1. The largest absolute Gasteiger partial charge is 0.756 e. The van der Waals surface area contributed by atoms with Crippen molar-refractivity contribution < 1.29 is 32.9 Å². The number of nitrogens with zero attached hydrogens (tertiary/aromatic N) is 1. The normalized spacial score (nSPS) is 15.2. The van der Waals surface area contributed by atoms with Gasteiger partial charge in [-0.05, 0) is 32.1 Å². The van der Waals surface area contributed by atoms with Gasteiger partial charge in [0.1, 0.15) is 13.2 Å². The fourth-order valence-electron chi connectivity index (χ4n) is 4.51. The van der Waals surface area contributed by atoms with Gasteiger partial charge in [-0.15, -0.1) is 0 Å². The molecule has 0 rings (SSSR count). The van der Waals surface area contributed by atoms with Crippen LogP contribution in [-0.2, 0) is 18.4 Å². The molecule has 0 bridgehead atoms. The summed E-state index contributed by atoms with van der Waals surface area (Å²) in [5.74, 6) is -0.205. The van der Waals surface area contributed by atoms with Gasteiger partial charge in [-0.1, -0.05) is 109 Å². The highest BCUT2D eigenvalue weighted by Crippen LogP contribution is 2.38. The van der Waals surface area contributed by atoms with Gasteiger partial charge < -0.3 is 28.8 Å². The van der Waals surface area contributed by atoms with E-state index in [-0.39, 0.29) is 19.1 Å². The predicted molar refractivity (Wildman–Crippen MR) is 169 cm³/mol. The van der Waals surface area contributed by atoms with Gasteiger partial charge in [0.25, 0.3) is 7.82 Å². The first-order chi connectivity index (χ1) is 19.5. The molecule has 0 aromatic carbocycles. The number of unbranched alkanes of at least 4 members (excludes halogenated alkanes) is 14. The second-order valence-electron chi connectivity index (χ2n) is 12.5. The Morgan fingerprint density at radius 2 is 1.34 bits per heavy atom. The van der Waals surface area contributed by atoms with Crippen molar-refractivity contribution >= 4 is 13.7 Å². The number of hydrogen-bond acceptors (Lipinski definition) is 6. The van der Waals surface area contributed by atoms with Crippen LogP contribution in [0.5, 0.6) is 0 Å². The molecule has 9 heteroatoms. The topological polar surface area (TPSA) is 108 Å². The lowest BCUT2D eigenvalue weighted by atomic mass is 10.0. The van der Waals surface area contributed by atoms with E-state index in [1.807, 2.05) is 21.1 Å². The van der Waals surface area contributed by atoms with Crippen LogP contribution in [0.3, 0.4) is 0 Å². The van der Waals surface area contributed by atoms with E-state index >= 15 is 0 Å². The molecule has 0 saturated carbocycles. The van der Waals surface area contributed by atoms with E-state index in [0.29, 0.717) is 30.3 Å². The number of rotatable bonds is 29. The Morgan fingerprint density at radius 3 is 1.90 bits per heavy atom. The fourth-order valence-corrected chi connectivity index (χ4v) is 5.23. The number of likely N-dealkylation sites (N-methyl/N-ethyl adjacent to an activating group) is 1. The highest BCUT2D eigenvalue weighted by molar-refractivity contribution is 7.45. The molecule has 0 aliphatic heterocycles. The molecule has 0 heterocycles. The molecule has 1 amide bonds. The van der Waals surface area contributed by atoms with Gasteiger partial charge >= 0.3 is 0 Å². The Labute approximate surface area is 252 Å². The molecule has 0 radical (unpaired) electrons. The smallest absolute Gasteiger partial charge is 0.268 e. The summed E-state index contributed by atoms with van der Waals surface area (Å²) >= 11 is 0. The van der Waals surface area contributed by atoms with Crippen LogP contribution in [0, 0.1) is 0 Å². The van der Waals surface area contributed by atoms with E-state index in [4.69, 9.17) is 9.05 Å². The van der Waals surface area contributed by atoms with Crippen LogP contribution < -0.4 is 10.2 Å². The molecular weight excluding hydrogens is 539 g/mol. The second kappa shape index (κ2) is 25.7. The number of phosphoric ester groups is 1. The molecule has 0 aliphatic rings. The quantitative estimate of drug-likeness (QED) is 0.0410. The third-order valence-corrected chi connectivity index (χ3v) is 8.22. The summed E-state index contributed by atoms with van der Waals surface area (Å²) in [5.41, 5.74) is 0. The minimum atomic E-state index is -4.55. The molecule has 0 aliphatic carbocycles. The fraction of sp³-hybridized carbons (Fsp3) is 0.906. The molecule has 244 valence electrons. The monoisotopic (exact) mass is 604 g/mol. The molecule has 0 saturated heterocycles. The lowest BCUT2D eigenvalue weighted by Gasteiger charge is -2.30. The van der Waals surface area contributed by atoms with Gasteiger partial charge in [0.2, 0.25) is 5.91 Å². The lowest BCUT2D eigenvalue weighted by Crippen LogP contribution is -2.46. The molecule has 8 nitrogen and oxygen atoms in total. The Balaban J connectivity index is 4.61. The maximum Gasteiger partial charge on any atom is 0.268 e. The summed E-state index contributed by atoms with van der Waals surface area (Å²) in [4.78, 5) is 24.9. The van der Waals surface area contributed by atoms with Crippen LogP contribution >= 0.6 is 7.82 Å². The van der Waals surface area contributed by atoms with Crippen molar-refractivity contribution in [3.05, 3.63) is 12.2 Å². The zero-order chi connectivity index (χ0) is 30.8. The summed E-state index contributed by atoms with van der Waals surface area (Å²) in [7, 11) is 1.28. The number of allylic oxidation sites excluding steroid dienone is 2. The minimum Gasteiger partial charge on any atom is -0.756 e. The molecule has 3 unspecified atom stereocenters. The van der Waals surface area contributed by atoms with Crippen molar-refractivity contribution in [3.63, 3.8) is 0 Å². The third-order valence-electron chi connectivity index (χ3n) is 7.25. The number of phosphoric acid groups is 1. The first-order valence-corrected chi connectivity index (χ1v) is 18.0. The number of hydrogen-bond donors (Lipinski definition) is 2. The number of carbonyl (C=O) groups excluding carboxylic acids is 1. The SMILES string of the molecule is CCCCCC/C=C\CCCC(=O)NC(COP(=O)([O-])OCC[N+](C)(C)C)C(O)CCCCCCCCCCCC. The van der Waals surface area contributed by atoms with Gasteiger partial charge in [0.05, 0.1) is 39.9 Å². The van der Waals surface area contributed by atoms with Gasteiger partial charge in [-0.2, -0.15) is 0 Å². The summed E-state index contributed by atoms with van der Waals surface area (Å²) in [6.45, 7) is 4.61. The molecule has 41 heavy (non-hydrogen) atoms. The number of quaternary nitrogens is 1. The van der Waals surface area contributed by atoms with Crippen molar-refractivity contribution in [1.82, 2.24) is 5.32 Å². The summed E-state index contributed by atoms with van der Waals surface area (Å²) < 4.78 is 23.0. The van der Waals surface area contributed by atoms with E-state index in [1.165, 1.54) is 70.6 Å². The van der Waals surface area contributed by atoms with E-state index in [9.17, 15) is 19.4 Å². The highest BCUT2D eigenvalue weighted by atomic mass is 31.2. The zero-order valence-electron chi connectivity index (χ0n) is 27.2. The van der Waals surface area contributed by atoms with Gasteiger partial charge in [-0.25, -0.2) is 0 Å². The maximum atomic E-state index is 12.6. The van der Waals surface area contributed by atoms with Crippen molar-refractivity contribution in [1.29, 1.82) is 0 Å². The Hall–Kier alpha value is -0.760. The molecule has 2 N–H and O–H groups in total. The molecule has 0 fully saturated rings. The number of aliphatic hydroxyl groups excluding tert-OH is 1. The van der Waals surface area contributed by atoms with E-state index < -0.39 is 20.0 Å². The predicted octanol–water partition coefficient (Wildman–Crippen LogP) is 7.05. The number of aliphatic hydroxyl groups is 1. The molecule has 0 aromatic heterocycles. The maximum absolute atomic E-state index is 12.6. The third kappa shape index (κ3) is 27.8. The van der Waals surface area contributed by atoms with Crippen LogP contribution in [0.1, 0.15) is 136 Å². The van der Waals surface area contributed by atoms with E-state index in [0.717, 1.165) is 32.1 Å². The molecule has 0 aromatic rings. The molecule has 0 spiro atoms. The van der Waals surface area contributed by atoms with Crippen LogP contribution in [-0.4, -0.2) is 68.5 Å². The average molecular weight is 605 g/mol. The van der Waals surface area contributed by atoms with Gasteiger partial charge in [0.15, 0.2) is 0 Å². The zero-order valence-corrected chi connectivity index (χ0v) is 28.1. The molecular formula is C32H65N2O6P. The number of carbonyl (C=O) groups is 1. The first kappa shape index (κ1) is 40.2. The average Bonchev–Trinajstić information content (AvgIpc) is 2.90. The summed E-state index contributed by atoms with van der Waals surface area (Å²) in [6.07, 6.45) is 23.7. The summed E-state index contributed by atoms with van der Waals surface area (Å²) in [6, 6.07) is -0.806. The Kier molecular flexibility index (Phi) is 25.2. The van der Waals surface area contributed by atoms with Crippen LogP contribution in [0.4, 0.5) is 0 Å². The highest BCUT2D eigenvalue weighted by Gasteiger charge is 2.24. The van der Waals surface area contributed by atoms with Crippen molar-refractivity contribution in [3.8, 4) is 0 Å². The summed E-state index contributed by atoms with van der Waals surface area (Å²) in [5, 5.41) is 13.7. The standard InChI is InChI=1S/C32H65N2O6P/c1-6-8-10-12-14-16-18-19-21-23-25-31(35)30(29-40-41(37,38)39-28-27-34(3,4)5)33-32(36)26-24-22-20-17-15-13-11-9-7-2/h17,20,30-31,35H,6-16,18-19,21-29H2,1-5H3,(H-,33,36,37,38)/b20-17-. The van der Waals surface area contributed by atoms with Gasteiger partial charge in [0, 0.05) is 6.42 Å².